The van der Waals surface area contributed by atoms with Gasteiger partial charge in [-0.05, 0) is 61.4 Å². The standard InChI is InChI=1S/C22H21FN2O3S/c1-15-8-9-18(22(26)24-16(2)17-10-12-19(23)13-11-17)14-21(15)25-29(27,28)20-6-4-3-5-7-20/h3-14,16,25H,1-2H3,(H,24,26)/t16-/m0/s1. The third kappa shape index (κ3) is 5.00. The number of aryl methyl sites for hydroxylation is 1. The highest BCUT2D eigenvalue weighted by Gasteiger charge is 2.17. The molecule has 3 rings (SSSR count). The molecule has 0 radical (unpaired) electrons. The molecule has 0 bridgehead atoms. The van der Waals surface area contributed by atoms with Crippen molar-refractivity contribution < 1.29 is 17.6 Å². The molecule has 0 aromatic heterocycles. The van der Waals surface area contributed by atoms with Gasteiger partial charge in [0.25, 0.3) is 15.9 Å². The van der Waals surface area contributed by atoms with Crippen LogP contribution in [0.5, 0.6) is 0 Å². The van der Waals surface area contributed by atoms with Crippen molar-refractivity contribution in [2.24, 2.45) is 0 Å². The van der Waals surface area contributed by atoms with Crippen molar-refractivity contribution >= 4 is 21.6 Å². The number of carbonyl (C=O) groups excluding carboxylic acids is 1. The van der Waals surface area contributed by atoms with E-state index < -0.39 is 10.0 Å². The van der Waals surface area contributed by atoms with Gasteiger partial charge in [0.1, 0.15) is 5.82 Å². The van der Waals surface area contributed by atoms with E-state index in [-0.39, 0.29) is 22.7 Å². The second kappa shape index (κ2) is 8.45. The summed E-state index contributed by atoms with van der Waals surface area (Å²) < 4.78 is 40.8. The van der Waals surface area contributed by atoms with Crippen molar-refractivity contribution in [1.82, 2.24) is 5.32 Å². The molecule has 3 aromatic rings. The lowest BCUT2D eigenvalue weighted by atomic mass is 10.1. The first kappa shape index (κ1) is 20.5. The molecule has 0 aliphatic heterocycles. The smallest absolute Gasteiger partial charge is 0.261 e. The van der Waals surface area contributed by atoms with Crippen LogP contribution in [0.3, 0.4) is 0 Å². The Morgan fingerprint density at radius 1 is 0.966 bits per heavy atom. The zero-order chi connectivity index (χ0) is 21.0. The number of sulfonamides is 1. The fourth-order valence-corrected chi connectivity index (χ4v) is 3.93. The summed E-state index contributed by atoms with van der Waals surface area (Å²) in [5, 5.41) is 2.83. The van der Waals surface area contributed by atoms with E-state index >= 15 is 0 Å². The summed E-state index contributed by atoms with van der Waals surface area (Å²) in [6.45, 7) is 3.55. The van der Waals surface area contributed by atoms with E-state index in [2.05, 4.69) is 10.0 Å². The molecule has 0 aliphatic rings. The van der Waals surface area contributed by atoms with E-state index in [4.69, 9.17) is 0 Å². The van der Waals surface area contributed by atoms with Crippen LogP contribution in [0.1, 0.15) is 34.5 Å². The molecule has 1 amide bonds. The maximum Gasteiger partial charge on any atom is 0.261 e. The third-order valence-corrected chi connectivity index (χ3v) is 5.90. The van der Waals surface area contributed by atoms with Crippen LogP contribution in [0.2, 0.25) is 0 Å². The Bertz CT molecular complexity index is 1110. The second-order valence-electron chi connectivity index (χ2n) is 6.69. The molecule has 29 heavy (non-hydrogen) atoms. The molecule has 2 N–H and O–H groups in total. The van der Waals surface area contributed by atoms with E-state index in [0.717, 1.165) is 5.56 Å². The zero-order valence-corrected chi connectivity index (χ0v) is 16.8. The fourth-order valence-electron chi connectivity index (χ4n) is 2.79. The summed E-state index contributed by atoms with van der Waals surface area (Å²) in [6, 6.07) is 18.4. The Balaban J connectivity index is 1.79. The van der Waals surface area contributed by atoms with Crippen molar-refractivity contribution in [2.75, 3.05) is 4.72 Å². The summed E-state index contributed by atoms with van der Waals surface area (Å²) in [4.78, 5) is 12.8. The van der Waals surface area contributed by atoms with Gasteiger partial charge in [-0.2, -0.15) is 0 Å². The van der Waals surface area contributed by atoms with Crippen LogP contribution in [0.25, 0.3) is 0 Å². The minimum atomic E-state index is -3.77. The Hall–Kier alpha value is -3.19. The molecule has 0 spiro atoms. The third-order valence-electron chi connectivity index (χ3n) is 4.52. The predicted octanol–water partition coefficient (Wildman–Crippen LogP) is 4.43. The van der Waals surface area contributed by atoms with E-state index in [1.807, 2.05) is 0 Å². The van der Waals surface area contributed by atoms with Gasteiger partial charge in [-0.25, -0.2) is 12.8 Å². The molecule has 0 fully saturated rings. The number of carbonyl (C=O) groups is 1. The molecule has 0 saturated carbocycles. The molecule has 1 atom stereocenters. The molecule has 3 aromatic carbocycles. The summed E-state index contributed by atoms with van der Waals surface area (Å²) in [5.41, 5.74) is 2.09. The van der Waals surface area contributed by atoms with Crippen LogP contribution in [-0.4, -0.2) is 14.3 Å². The van der Waals surface area contributed by atoms with Crippen molar-refractivity contribution in [3.05, 3.63) is 95.3 Å². The number of benzene rings is 3. The zero-order valence-electron chi connectivity index (χ0n) is 16.0. The van der Waals surface area contributed by atoms with E-state index in [1.54, 1.807) is 56.3 Å². The van der Waals surface area contributed by atoms with Gasteiger partial charge in [-0.1, -0.05) is 36.4 Å². The van der Waals surface area contributed by atoms with Gasteiger partial charge < -0.3 is 5.32 Å². The number of halogens is 1. The Morgan fingerprint density at radius 3 is 2.28 bits per heavy atom. The highest BCUT2D eigenvalue weighted by Crippen LogP contribution is 2.22. The van der Waals surface area contributed by atoms with E-state index in [9.17, 15) is 17.6 Å². The quantitative estimate of drug-likeness (QED) is 0.629. The molecule has 0 heterocycles. The first-order valence-electron chi connectivity index (χ1n) is 9.01. The van der Waals surface area contributed by atoms with Crippen molar-refractivity contribution in [3.8, 4) is 0 Å². The average molecular weight is 412 g/mol. The minimum absolute atomic E-state index is 0.138. The lowest BCUT2D eigenvalue weighted by molar-refractivity contribution is 0.0940. The first-order valence-corrected chi connectivity index (χ1v) is 10.5. The van der Waals surface area contributed by atoms with Crippen LogP contribution in [-0.2, 0) is 10.0 Å². The summed E-state index contributed by atoms with van der Waals surface area (Å²) in [5.74, 6) is -0.705. The van der Waals surface area contributed by atoms with Gasteiger partial charge in [-0.3, -0.25) is 9.52 Å². The van der Waals surface area contributed by atoms with Gasteiger partial charge >= 0.3 is 0 Å². The number of hydrogen-bond donors (Lipinski definition) is 2. The fraction of sp³-hybridized carbons (Fsp3) is 0.136. The maximum atomic E-state index is 13.1. The Kier molecular flexibility index (Phi) is 5.98. The molecular weight excluding hydrogens is 391 g/mol. The number of hydrogen-bond acceptors (Lipinski definition) is 3. The largest absolute Gasteiger partial charge is 0.346 e. The van der Waals surface area contributed by atoms with Crippen LogP contribution in [0.15, 0.2) is 77.7 Å². The molecule has 0 saturated heterocycles. The number of amides is 1. The molecule has 150 valence electrons. The van der Waals surface area contributed by atoms with Crippen LogP contribution in [0, 0.1) is 12.7 Å². The highest BCUT2D eigenvalue weighted by molar-refractivity contribution is 7.92. The molecule has 0 unspecified atom stereocenters. The molecule has 7 heteroatoms. The summed E-state index contributed by atoms with van der Waals surface area (Å²) >= 11 is 0. The SMILES string of the molecule is Cc1ccc(C(=O)N[C@@H](C)c2ccc(F)cc2)cc1NS(=O)(=O)c1ccccc1. The molecule has 0 aliphatic carbocycles. The summed E-state index contributed by atoms with van der Waals surface area (Å²) in [7, 11) is -3.77. The number of nitrogens with one attached hydrogen (secondary N) is 2. The van der Waals surface area contributed by atoms with Crippen LogP contribution >= 0.6 is 0 Å². The Morgan fingerprint density at radius 2 is 1.62 bits per heavy atom. The van der Waals surface area contributed by atoms with Gasteiger partial charge in [0.05, 0.1) is 16.6 Å². The van der Waals surface area contributed by atoms with Crippen LogP contribution in [0.4, 0.5) is 10.1 Å². The monoisotopic (exact) mass is 412 g/mol. The van der Waals surface area contributed by atoms with Crippen molar-refractivity contribution in [1.29, 1.82) is 0 Å². The van der Waals surface area contributed by atoms with Crippen LogP contribution < -0.4 is 10.0 Å². The van der Waals surface area contributed by atoms with Crippen molar-refractivity contribution in [3.63, 3.8) is 0 Å². The predicted molar refractivity (Wildman–Crippen MR) is 111 cm³/mol. The van der Waals surface area contributed by atoms with Gasteiger partial charge in [0, 0.05) is 5.56 Å². The van der Waals surface area contributed by atoms with E-state index in [0.29, 0.717) is 16.8 Å². The van der Waals surface area contributed by atoms with E-state index in [1.165, 1.54) is 30.3 Å². The average Bonchev–Trinajstić information content (AvgIpc) is 2.70. The lowest BCUT2D eigenvalue weighted by Crippen LogP contribution is -2.26. The number of anilines is 1. The Labute approximate surface area is 169 Å². The minimum Gasteiger partial charge on any atom is -0.346 e. The van der Waals surface area contributed by atoms with Crippen molar-refractivity contribution in [2.45, 2.75) is 24.8 Å². The van der Waals surface area contributed by atoms with Gasteiger partial charge in [0.15, 0.2) is 0 Å². The maximum absolute atomic E-state index is 13.1. The van der Waals surface area contributed by atoms with Gasteiger partial charge in [-0.15, -0.1) is 0 Å². The first-order chi connectivity index (χ1) is 13.8. The lowest BCUT2D eigenvalue weighted by Gasteiger charge is -2.16. The number of rotatable bonds is 6. The molecular formula is C22H21FN2O3S. The topological polar surface area (TPSA) is 75.3 Å². The van der Waals surface area contributed by atoms with Gasteiger partial charge in [0.2, 0.25) is 0 Å². The normalized spacial score (nSPS) is 12.2. The highest BCUT2D eigenvalue weighted by atomic mass is 32.2. The second-order valence-corrected chi connectivity index (χ2v) is 8.38. The summed E-state index contributed by atoms with van der Waals surface area (Å²) in [6.07, 6.45) is 0. The molecule has 5 nitrogen and oxygen atoms in total.